The van der Waals surface area contributed by atoms with Crippen LogP contribution in [0.3, 0.4) is 0 Å². The van der Waals surface area contributed by atoms with E-state index < -0.39 is 0 Å². The van der Waals surface area contributed by atoms with Gasteiger partial charge in [-0.05, 0) is 24.3 Å². The molecule has 0 radical (unpaired) electrons. The second-order valence-electron chi connectivity index (χ2n) is 5.06. The number of para-hydroxylation sites is 1. The maximum absolute atomic E-state index is 5.72. The van der Waals surface area contributed by atoms with Gasteiger partial charge in [-0.3, -0.25) is 0 Å². The summed E-state index contributed by atoms with van der Waals surface area (Å²) in [6.07, 6.45) is 0.971. The minimum Gasteiger partial charge on any atom is -0.496 e. The van der Waals surface area contributed by atoms with Crippen LogP contribution in [0.15, 0.2) is 46.9 Å². The quantitative estimate of drug-likeness (QED) is 0.904. The fourth-order valence-corrected chi connectivity index (χ4v) is 3.04. The van der Waals surface area contributed by atoms with Gasteiger partial charge in [0.05, 0.1) is 13.7 Å². The van der Waals surface area contributed by atoms with Crippen LogP contribution in [-0.4, -0.2) is 13.7 Å². The molecule has 0 spiro atoms. The van der Waals surface area contributed by atoms with Crippen molar-refractivity contribution in [2.45, 2.75) is 19.0 Å². The van der Waals surface area contributed by atoms with Crippen molar-refractivity contribution < 1.29 is 9.47 Å². The molecule has 0 aromatic heterocycles. The molecule has 0 saturated heterocycles. The molecule has 3 nitrogen and oxygen atoms in total. The van der Waals surface area contributed by atoms with E-state index in [0.29, 0.717) is 6.04 Å². The SMILES string of the molecule is COc1ccccc1CNC1CCOc2ccc(Br)cc21. The average Bonchev–Trinajstić information content (AvgIpc) is 2.53. The number of hydrogen-bond donors (Lipinski definition) is 1. The van der Waals surface area contributed by atoms with Crippen molar-refractivity contribution in [3.63, 3.8) is 0 Å². The Labute approximate surface area is 133 Å². The summed E-state index contributed by atoms with van der Waals surface area (Å²) in [5.74, 6) is 1.90. The van der Waals surface area contributed by atoms with E-state index in [0.717, 1.165) is 35.5 Å². The summed E-state index contributed by atoms with van der Waals surface area (Å²) in [5.41, 5.74) is 2.38. The molecule has 3 rings (SSSR count). The van der Waals surface area contributed by atoms with Crippen LogP contribution in [0.2, 0.25) is 0 Å². The van der Waals surface area contributed by atoms with Crippen LogP contribution in [0.1, 0.15) is 23.6 Å². The third-order valence-corrected chi connectivity index (χ3v) is 4.24. The Balaban J connectivity index is 1.76. The lowest BCUT2D eigenvalue weighted by Crippen LogP contribution is -2.26. The summed E-state index contributed by atoms with van der Waals surface area (Å²) >= 11 is 3.53. The van der Waals surface area contributed by atoms with Crippen LogP contribution in [0.5, 0.6) is 11.5 Å². The van der Waals surface area contributed by atoms with Crippen molar-refractivity contribution in [1.82, 2.24) is 5.32 Å². The molecule has 1 unspecified atom stereocenters. The topological polar surface area (TPSA) is 30.5 Å². The van der Waals surface area contributed by atoms with E-state index in [1.165, 1.54) is 11.1 Å². The van der Waals surface area contributed by atoms with Crippen molar-refractivity contribution in [1.29, 1.82) is 0 Å². The third kappa shape index (κ3) is 3.22. The fraction of sp³-hybridized carbons (Fsp3) is 0.294. The number of benzene rings is 2. The van der Waals surface area contributed by atoms with Crippen LogP contribution in [0, 0.1) is 0 Å². The Morgan fingerprint density at radius 2 is 2.14 bits per heavy atom. The molecule has 2 aromatic carbocycles. The number of fused-ring (bicyclic) bond motifs is 1. The molecule has 110 valence electrons. The van der Waals surface area contributed by atoms with Crippen molar-refractivity contribution in [3.05, 3.63) is 58.1 Å². The minimum atomic E-state index is 0.302. The molecule has 1 aliphatic heterocycles. The molecule has 1 atom stereocenters. The zero-order valence-electron chi connectivity index (χ0n) is 11.9. The molecular weight excluding hydrogens is 330 g/mol. The van der Waals surface area contributed by atoms with Crippen molar-refractivity contribution in [2.75, 3.05) is 13.7 Å². The second-order valence-corrected chi connectivity index (χ2v) is 5.98. The van der Waals surface area contributed by atoms with Gasteiger partial charge in [-0.15, -0.1) is 0 Å². The van der Waals surface area contributed by atoms with E-state index in [2.05, 4.69) is 33.4 Å². The van der Waals surface area contributed by atoms with E-state index in [9.17, 15) is 0 Å². The molecule has 0 bridgehead atoms. The van der Waals surface area contributed by atoms with Gasteiger partial charge in [0.2, 0.25) is 0 Å². The van der Waals surface area contributed by atoms with Crippen LogP contribution in [0.25, 0.3) is 0 Å². The zero-order chi connectivity index (χ0) is 14.7. The van der Waals surface area contributed by atoms with Gasteiger partial charge in [-0.25, -0.2) is 0 Å². The Hall–Kier alpha value is -1.52. The van der Waals surface area contributed by atoms with E-state index in [4.69, 9.17) is 9.47 Å². The number of ether oxygens (including phenoxy) is 2. The van der Waals surface area contributed by atoms with Crippen molar-refractivity contribution in [3.8, 4) is 11.5 Å². The molecule has 21 heavy (non-hydrogen) atoms. The Kier molecular flexibility index (Phi) is 4.46. The summed E-state index contributed by atoms with van der Waals surface area (Å²) < 4.78 is 12.2. The fourth-order valence-electron chi connectivity index (χ4n) is 2.66. The van der Waals surface area contributed by atoms with Crippen LogP contribution >= 0.6 is 15.9 Å². The predicted octanol–water partition coefficient (Wildman–Crippen LogP) is 4.07. The monoisotopic (exact) mass is 347 g/mol. The zero-order valence-corrected chi connectivity index (χ0v) is 13.5. The molecule has 1 aliphatic rings. The van der Waals surface area contributed by atoms with E-state index in [1.54, 1.807) is 7.11 Å². The van der Waals surface area contributed by atoms with Gasteiger partial charge < -0.3 is 14.8 Å². The molecule has 1 heterocycles. The van der Waals surface area contributed by atoms with Gasteiger partial charge >= 0.3 is 0 Å². The highest BCUT2D eigenvalue weighted by atomic mass is 79.9. The predicted molar refractivity (Wildman–Crippen MR) is 86.8 cm³/mol. The molecule has 0 saturated carbocycles. The summed E-state index contributed by atoms with van der Waals surface area (Å²) in [4.78, 5) is 0. The molecule has 0 aliphatic carbocycles. The number of rotatable bonds is 4. The number of halogens is 1. The summed E-state index contributed by atoms with van der Waals surface area (Å²) in [6.45, 7) is 1.53. The van der Waals surface area contributed by atoms with Gasteiger partial charge in [-0.1, -0.05) is 34.1 Å². The van der Waals surface area contributed by atoms with Gasteiger partial charge in [0.15, 0.2) is 0 Å². The lowest BCUT2D eigenvalue weighted by Gasteiger charge is -2.27. The Bertz CT molecular complexity index is 630. The Morgan fingerprint density at radius 1 is 1.29 bits per heavy atom. The number of nitrogens with one attached hydrogen (secondary N) is 1. The molecule has 0 fully saturated rings. The van der Waals surface area contributed by atoms with Crippen molar-refractivity contribution >= 4 is 15.9 Å². The van der Waals surface area contributed by atoms with Gasteiger partial charge in [0.1, 0.15) is 11.5 Å². The first-order chi connectivity index (χ1) is 10.3. The standard InChI is InChI=1S/C17H18BrNO2/c1-20-16-5-3-2-4-12(16)11-19-15-8-9-21-17-7-6-13(18)10-14(15)17/h2-7,10,15,19H,8-9,11H2,1H3. The highest BCUT2D eigenvalue weighted by Crippen LogP contribution is 2.34. The number of methoxy groups -OCH3 is 1. The first-order valence-corrected chi connectivity index (χ1v) is 7.85. The highest BCUT2D eigenvalue weighted by Gasteiger charge is 2.21. The molecule has 0 amide bonds. The summed E-state index contributed by atoms with van der Waals surface area (Å²) in [7, 11) is 1.71. The first-order valence-electron chi connectivity index (χ1n) is 7.05. The minimum absolute atomic E-state index is 0.302. The van der Waals surface area contributed by atoms with Crippen molar-refractivity contribution in [2.24, 2.45) is 0 Å². The van der Waals surface area contributed by atoms with E-state index >= 15 is 0 Å². The van der Waals surface area contributed by atoms with E-state index in [1.807, 2.05) is 30.3 Å². The highest BCUT2D eigenvalue weighted by molar-refractivity contribution is 9.10. The molecule has 4 heteroatoms. The Morgan fingerprint density at radius 3 is 3.00 bits per heavy atom. The molecular formula is C17H18BrNO2. The summed E-state index contributed by atoms with van der Waals surface area (Å²) in [6, 6.07) is 14.6. The number of hydrogen-bond acceptors (Lipinski definition) is 3. The first kappa shape index (κ1) is 14.4. The largest absolute Gasteiger partial charge is 0.496 e. The summed E-state index contributed by atoms with van der Waals surface area (Å²) in [5, 5.41) is 3.62. The molecule has 2 aromatic rings. The average molecular weight is 348 g/mol. The van der Waals surface area contributed by atoms with Crippen LogP contribution in [-0.2, 0) is 6.54 Å². The molecule has 1 N–H and O–H groups in total. The maximum atomic E-state index is 5.72. The second kappa shape index (κ2) is 6.50. The van der Waals surface area contributed by atoms with E-state index in [-0.39, 0.29) is 0 Å². The maximum Gasteiger partial charge on any atom is 0.124 e. The van der Waals surface area contributed by atoms with Gasteiger partial charge in [-0.2, -0.15) is 0 Å². The van der Waals surface area contributed by atoms with Crippen LogP contribution < -0.4 is 14.8 Å². The van der Waals surface area contributed by atoms with Gasteiger partial charge in [0, 0.05) is 34.6 Å². The normalized spacial score (nSPS) is 17.0. The van der Waals surface area contributed by atoms with Gasteiger partial charge in [0.25, 0.3) is 0 Å². The third-order valence-electron chi connectivity index (χ3n) is 3.74. The lowest BCUT2D eigenvalue weighted by atomic mass is 10.0. The van der Waals surface area contributed by atoms with Crippen LogP contribution in [0.4, 0.5) is 0 Å². The smallest absolute Gasteiger partial charge is 0.124 e. The lowest BCUT2D eigenvalue weighted by molar-refractivity contribution is 0.251.